The van der Waals surface area contributed by atoms with Crippen LogP contribution >= 0.6 is 11.8 Å². The van der Waals surface area contributed by atoms with E-state index < -0.39 is 6.04 Å². The highest BCUT2D eigenvalue weighted by Gasteiger charge is 2.29. The number of hydrogen-bond donors (Lipinski definition) is 1. The van der Waals surface area contributed by atoms with E-state index >= 15 is 0 Å². The smallest absolute Gasteiger partial charge is 0.243 e. The van der Waals surface area contributed by atoms with Gasteiger partial charge in [-0.25, -0.2) is 0 Å². The Labute approximate surface area is 190 Å². The molecule has 4 nitrogen and oxygen atoms in total. The molecule has 0 heterocycles. The lowest BCUT2D eigenvalue weighted by molar-refractivity contribution is -0.139. The van der Waals surface area contributed by atoms with Gasteiger partial charge in [-0.3, -0.25) is 9.59 Å². The van der Waals surface area contributed by atoms with Crippen molar-refractivity contribution in [3.63, 3.8) is 0 Å². The Morgan fingerprint density at radius 2 is 1.65 bits per heavy atom. The highest BCUT2D eigenvalue weighted by atomic mass is 32.2. The van der Waals surface area contributed by atoms with Gasteiger partial charge in [0, 0.05) is 17.5 Å². The molecule has 2 amide bonds. The summed E-state index contributed by atoms with van der Waals surface area (Å²) in [5.41, 5.74) is 1.18. The molecule has 2 aromatic carbocycles. The molecule has 0 radical (unpaired) electrons. The average molecular weight is 439 g/mol. The second kappa shape index (κ2) is 12.6. The zero-order valence-electron chi connectivity index (χ0n) is 18.5. The Morgan fingerprint density at radius 3 is 2.29 bits per heavy atom. The first-order valence-electron chi connectivity index (χ1n) is 11.5. The number of carbonyl (C=O) groups excluding carboxylic acids is 2. The molecule has 1 aliphatic carbocycles. The Bertz CT molecular complexity index is 807. The molecule has 166 valence electrons. The predicted octanol–water partition coefficient (Wildman–Crippen LogP) is 5.08. The highest BCUT2D eigenvalue weighted by molar-refractivity contribution is 8.00. The van der Waals surface area contributed by atoms with E-state index in [1.807, 2.05) is 55.5 Å². The molecule has 1 fully saturated rings. The normalized spacial score (nSPS) is 15.3. The van der Waals surface area contributed by atoms with E-state index in [4.69, 9.17) is 0 Å². The second-order valence-corrected chi connectivity index (χ2v) is 9.24. The molecule has 2 aromatic rings. The van der Waals surface area contributed by atoms with Crippen molar-refractivity contribution < 1.29 is 9.59 Å². The van der Waals surface area contributed by atoms with E-state index in [-0.39, 0.29) is 17.9 Å². The van der Waals surface area contributed by atoms with Gasteiger partial charge >= 0.3 is 0 Å². The zero-order chi connectivity index (χ0) is 21.9. The molecule has 0 spiro atoms. The van der Waals surface area contributed by atoms with E-state index in [2.05, 4.69) is 17.4 Å². The summed E-state index contributed by atoms with van der Waals surface area (Å²) in [6.07, 6.45) is 7.05. The molecular weight excluding hydrogens is 404 g/mol. The fourth-order valence-electron chi connectivity index (χ4n) is 4.18. The molecule has 0 saturated heterocycles. The van der Waals surface area contributed by atoms with Crippen molar-refractivity contribution in [1.82, 2.24) is 10.2 Å². The maximum Gasteiger partial charge on any atom is 0.243 e. The third kappa shape index (κ3) is 7.42. The van der Waals surface area contributed by atoms with Gasteiger partial charge in [0.1, 0.15) is 6.04 Å². The third-order valence-electron chi connectivity index (χ3n) is 5.93. The molecule has 0 bridgehead atoms. The van der Waals surface area contributed by atoms with Crippen LogP contribution in [0.25, 0.3) is 0 Å². The minimum absolute atomic E-state index is 0.000484. The molecule has 1 N–H and O–H groups in total. The number of carbonyl (C=O) groups is 2. The maximum atomic E-state index is 13.3. The van der Waals surface area contributed by atoms with Gasteiger partial charge < -0.3 is 10.2 Å². The monoisotopic (exact) mass is 438 g/mol. The minimum Gasteiger partial charge on any atom is -0.352 e. The van der Waals surface area contributed by atoms with Crippen LogP contribution in [0.1, 0.15) is 51.0 Å². The summed E-state index contributed by atoms with van der Waals surface area (Å²) in [6, 6.07) is 20.0. The largest absolute Gasteiger partial charge is 0.352 e. The van der Waals surface area contributed by atoms with E-state index in [1.54, 1.807) is 4.90 Å². The van der Waals surface area contributed by atoms with Crippen molar-refractivity contribution in [2.75, 3.05) is 12.3 Å². The summed E-state index contributed by atoms with van der Waals surface area (Å²) < 4.78 is 0. The quantitative estimate of drug-likeness (QED) is 0.527. The summed E-state index contributed by atoms with van der Waals surface area (Å²) in [7, 11) is 0. The summed E-state index contributed by atoms with van der Waals surface area (Å²) in [5, 5.41) is 3.24. The van der Waals surface area contributed by atoms with Crippen molar-refractivity contribution in [2.45, 2.75) is 68.8 Å². The molecule has 1 saturated carbocycles. The molecule has 31 heavy (non-hydrogen) atoms. The lowest BCUT2D eigenvalue weighted by Gasteiger charge is -2.32. The molecule has 5 heteroatoms. The van der Waals surface area contributed by atoms with E-state index in [0.717, 1.165) is 24.2 Å². The molecule has 3 rings (SSSR count). The van der Waals surface area contributed by atoms with Crippen LogP contribution in [0.3, 0.4) is 0 Å². The standard InChI is InChI=1S/C26H34N2O2S/c1-2-24(26(30)27-22-14-8-4-9-15-22)28(19-18-21-12-6-3-7-13-21)25(29)20-31-23-16-10-5-11-17-23/h3,5-7,10-13,16-17,22,24H,2,4,8-9,14-15,18-20H2,1H3,(H,27,30). The van der Waals surface area contributed by atoms with Crippen LogP contribution in [0.2, 0.25) is 0 Å². The van der Waals surface area contributed by atoms with Crippen molar-refractivity contribution in [2.24, 2.45) is 0 Å². The van der Waals surface area contributed by atoms with Crippen LogP contribution in [0.5, 0.6) is 0 Å². The van der Waals surface area contributed by atoms with Gasteiger partial charge in [0.15, 0.2) is 0 Å². The molecule has 1 unspecified atom stereocenters. The van der Waals surface area contributed by atoms with Crippen LogP contribution in [-0.2, 0) is 16.0 Å². The number of nitrogens with one attached hydrogen (secondary N) is 1. The van der Waals surface area contributed by atoms with Gasteiger partial charge in [-0.05, 0) is 43.4 Å². The van der Waals surface area contributed by atoms with Crippen molar-refractivity contribution in [1.29, 1.82) is 0 Å². The minimum atomic E-state index is -0.422. The van der Waals surface area contributed by atoms with Gasteiger partial charge in [0.25, 0.3) is 0 Å². The first-order valence-corrected chi connectivity index (χ1v) is 12.5. The Morgan fingerprint density at radius 1 is 1.00 bits per heavy atom. The van der Waals surface area contributed by atoms with Crippen molar-refractivity contribution >= 4 is 23.6 Å². The fourth-order valence-corrected chi connectivity index (χ4v) is 4.99. The number of hydrogen-bond acceptors (Lipinski definition) is 3. The summed E-state index contributed by atoms with van der Waals surface area (Å²) >= 11 is 1.53. The zero-order valence-corrected chi connectivity index (χ0v) is 19.3. The Hall–Kier alpha value is -2.27. The summed E-state index contributed by atoms with van der Waals surface area (Å²) in [4.78, 5) is 29.3. The Kier molecular flexibility index (Phi) is 9.47. The molecule has 1 aliphatic rings. The van der Waals surface area contributed by atoms with Crippen molar-refractivity contribution in [3.8, 4) is 0 Å². The SMILES string of the molecule is CCC(C(=O)NC1CCCCC1)N(CCc1ccccc1)C(=O)CSc1ccccc1. The van der Waals surface area contributed by atoms with Crippen LogP contribution in [0.15, 0.2) is 65.6 Å². The average Bonchev–Trinajstić information content (AvgIpc) is 2.82. The van der Waals surface area contributed by atoms with Crippen molar-refractivity contribution in [3.05, 3.63) is 66.2 Å². The number of rotatable bonds is 10. The number of benzene rings is 2. The van der Waals surface area contributed by atoms with Gasteiger partial charge in [0.2, 0.25) is 11.8 Å². The lowest BCUT2D eigenvalue weighted by atomic mass is 9.95. The molecule has 0 aliphatic heterocycles. The third-order valence-corrected chi connectivity index (χ3v) is 6.92. The fraction of sp³-hybridized carbons (Fsp3) is 0.462. The first-order chi connectivity index (χ1) is 15.2. The molecule has 0 aromatic heterocycles. The van der Waals surface area contributed by atoms with Gasteiger partial charge in [0.05, 0.1) is 5.75 Å². The van der Waals surface area contributed by atoms with Crippen LogP contribution < -0.4 is 5.32 Å². The van der Waals surface area contributed by atoms with Gasteiger partial charge in [-0.2, -0.15) is 0 Å². The maximum absolute atomic E-state index is 13.3. The molecule has 1 atom stereocenters. The van der Waals surface area contributed by atoms with E-state index in [0.29, 0.717) is 18.7 Å². The summed E-state index contributed by atoms with van der Waals surface area (Å²) in [6.45, 7) is 2.55. The van der Waals surface area contributed by atoms with E-state index in [1.165, 1.54) is 36.6 Å². The number of thioether (sulfide) groups is 1. The predicted molar refractivity (Wildman–Crippen MR) is 128 cm³/mol. The van der Waals surface area contributed by atoms with Gasteiger partial charge in [-0.1, -0.05) is 74.7 Å². The first kappa shape index (κ1) is 23.4. The summed E-state index contributed by atoms with van der Waals surface area (Å²) in [5.74, 6) is 0.363. The lowest BCUT2D eigenvalue weighted by Crippen LogP contribution is -2.52. The number of amides is 2. The van der Waals surface area contributed by atoms with Crippen LogP contribution in [0.4, 0.5) is 0 Å². The van der Waals surface area contributed by atoms with E-state index in [9.17, 15) is 9.59 Å². The molecular formula is C26H34N2O2S. The highest BCUT2D eigenvalue weighted by Crippen LogP contribution is 2.21. The van der Waals surface area contributed by atoms with Gasteiger partial charge in [-0.15, -0.1) is 11.8 Å². The number of nitrogens with zero attached hydrogens (tertiary/aromatic N) is 1. The van der Waals surface area contributed by atoms with Crippen LogP contribution in [-0.4, -0.2) is 41.1 Å². The topological polar surface area (TPSA) is 49.4 Å². The second-order valence-electron chi connectivity index (χ2n) is 8.19. The Balaban J connectivity index is 1.68. The van der Waals surface area contributed by atoms with Crippen LogP contribution in [0, 0.1) is 0 Å².